The van der Waals surface area contributed by atoms with Crippen molar-refractivity contribution < 1.29 is 4.74 Å². The first-order valence-corrected chi connectivity index (χ1v) is 8.82. The fourth-order valence-corrected chi connectivity index (χ4v) is 4.05. The molecule has 1 saturated heterocycles. The second kappa shape index (κ2) is 5.77. The molecule has 0 saturated carbocycles. The molecule has 3 aromatic rings. The Bertz CT molecular complexity index is 997. The van der Waals surface area contributed by atoms with Gasteiger partial charge in [0, 0.05) is 37.3 Å². The van der Waals surface area contributed by atoms with E-state index in [1.807, 2.05) is 41.0 Å². The van der Waals surface area contributed by atoms with Gasteiger partial charge in [-0.25, -0.2) is 4.98 Å². The van der Waals surface area contributed by atoms with Crippen molar-refractivity contribution in [1.29, 1.82) is 0 Å². The number of hydrogen-bond donors (Lipinski definition) is 0. The standard InChI is InChI=1S/C20H19N3O2/c24-20-16-6-4-13(17-3-1-2-8-21-17)9-18(16)22-19-7-5-14-11-25-12-15(14)10-23(19)20/h1-4,6,8-9,14-15H,5,7,10-12H2. The third kappa shape index (κ3) is 2.46. The molecule has 5 nitrogen and oxygen atoms in total. The van der Waals surface area contributed by atoms with Gasteiger partial charge in [-0.2, -0.15) is 0 Å². The maximum atomic E-state index is 13.0. The number of aromatic nitrogens is 3. The van der Waals surface area contributed by atoms with E-state index in [0.717, 1.165) is 55.2 Å². The second-order valence-electron chi connectivity index (χ2n) is 6.99. The van der Waals surface area contributed by atoms with Gasteiger partial charge in [-0.05, 0) is 36.6 Å². The van der Waals surface area contributed by atoms with E-state index < -0.39 is 0 Å². The largest absolute Gasteiger partial charge is 0.381 e. The lowest BCUT2D eigenvalue weighted by molar-refractivity contribution is 0.176. The Morgan fingerprint density at radius 3 is 2.92 bits per heavy atom. The van der Waals surface area contributed by atoms with Crippen molar-refractivity contribution in [2.75, 3.05) is 13.2 Å². The van der Waals surface area contributed by atoms with E-state index in [-0.39, 0.29) is 5.56 Å². The van der Waals surface area contributed by atoms with Gasteiger partial charge in [-0.15, -0.1) is 0 Å². The number of nitrogens with zero attached hydrogens (tertiary/aromatic N) is 3. The molecule has 2 aromatic heterocycles. The van der Waals surface area contributed by atoms with Crippen LogP contribution in [0.1, 0.15) is 12.2 Å². The Morgan fingerprint density at radius 1 is 1.12 bits per heavy atom. The maximum Gasteiger partial charge on any atom is 0.261 e. The van der Waals surface area contributed by atoms with Gasteiger partial charge in [0.1, 0.15) is 5.82 Å². The summed E-state index contributed by atoms with van der Waals surface area (Å²) < 4.78 is 7.49. The molecule has 1 aromatic carbocycles. The Labute approximate surface area is 145 Å². The highest BCUT2D eigenvalue weighted by atomic mass is 16.5. The summed E-state index contributed by atoms with van der Waals surface area (Å²) in [6, 6.07) is 11.7. The van der Waals surface area contributed by atoms with Crippen LogP contribution in [0.5, 0.6) is 0 Å². The molecule has 25 heavy (non-hydrogen) atoms. The Balaban J connectivity index is 1.64. The lowest BCUT2D eigenvalue weighted by Gasteiger charge is -2.15. The van der Waals surface area contributed by atoms with Crippen LogP contribution in [0.15, 0.2) is 47.4 Å². The number of aryl methyl sites for hydroxylation is 1. The molecule has 0 N–H and O–H groups in total. The highest BCUT2D eigenvalue weighted by Crippen LogP contribution is 2.30. The molecule has 5 heteroatoms. The fraction of sp³-hybridized carbons (Fsp3) is 0.350. The highest BCUT2D eigenvalue weighted by Gasteiger charge is 2.32. The molecule has 5 rings (SSSR count). The monoisotopic (exact) mass is 333 g/mol. The molecule has 126 valence electrons. The van der Waals surface area contributed by atoms with Crippen molar-refractivity contribution in [3.8, 4) is 11.3 Å². The molecule has 4 heterocycles. The average molecular weight is 333 g/mol. The summed E-state index contributed by atoms with van der Waals surface area (Å²) in [4.78, 5) is 22.3. The number of fused-ring (bicyclic) bond motifs is 3. The molecule has 1 fully saturated rings. The molecule has 0 amide bonds. The summed E-state index contributed by atoms with van der Waals surface area (Å²) in [6.07, 6.45) is 3.66. The van der Waals surface area contributed by atoms with Crippen LogP contribution in [0, 0.1) is 11.8 Å². The lowest BCUT2D eigenvalue weighted by atomic mass is 9.93. The molecule has 0 spiro atoms. The van der Waals surface area contributed by atoms with E-state index in [9.17, 15) is 4.79 Å². The molecular weight excluding hydrogens is 314 g/mol. The third-order valence-electron chi connectivity index (χ3n) is 5.48. The molecule has 2 unspecified atom stereocenters. The SMILES string of the molecule is O=c1c2ccc(-c3ccccn3)cc2nc2n1CC1COCC1CC2. The van der Waals surface area contributed by atoms with Crippen molar-refractivity contribution in [2.45, 2.75) is 19.4 Å². The van der Waals surface area contributed by atoms with Crippen LogP contribution in [0.25, 0.3) is 22.2 Å². The first-order chi connectivity index (χ1) is 12.3. The Hall–Kier alpha value is -2.53. The van der Waals surface area contributed by atoms with E-state index >= 15 is 0 Å². The number of benzene rings is 1. The van der Waals surface area contributed by atoms with Gasteiger partial charge >= 0.3 is 0 Å². The minimum Gasteiger partial charge on any atom is -0.381 e. The van der Waals surface area contributed by atoms with E-state index in [1.54, 1.807) is 6.20 Å². The quantitative estimate of drug-likeness (QED) is 0.687. The molecule has 2 aliphatic rings. The maximum absolute atomic E-state index is 13.0. The van der Waals surface area contributed by atoms with Crippen molar-refractivity contribution >= 4 is 10.9 Å². The van der Waals surface area contributed by atoms with Crippen molar-refractivity contribution in [3.63, 3.8) is 0 Å². The zero-order valence-corrected chi connectivity index (χ0v) is 13.9. The normalized spacial score (nSPS) is 22.4. The summed E-state index contributed by atoms with van der Waals surface area (Å²) in [5.74, 6) is 1.89. The van der Waals surface area contributed by atoms with Gasteiger partial charge in [0.2, 0.25) is 0 Å². The summed E-state index contributed by atoms with van der Waals surface area (Å²) in [7, 11) is 0. The van der Waals surface area contributed by atoms with Gasteiger partial charge < -0.3 is 4.74 Å². The summed E-state index contributed by atoms with van der Waals surface area (Å²) in [5, 5.41) is 0.681. The van der Waals surface area contributed by atoms with Gasteiger partial charge in [0.05, 0.1) is 23.2 Å². The molecule has 0 bridgehead atoms. The first-order valence-electron chi connectivity index (χ1n) is 8.82. The van der Waals surface area contributed by atoms with E-state index in [0.29, 0.717) is 17.2 Å². The number of ether oxygens (including phenoxy) is 1. The smallest absolute Gasteiger partial charge is 0.261 e. The number of pyridine rings is 1. The van der Waals surface area contributed by atoms with Gasteiger partial charge in [-0.3, -0.25) is 14.3 Å². The molecule has 2 aliphatic heterocycles. The van der Waals surface area contributed by atoms with Crippen molar-refractivity contribution in [2.24, 2.45) is 11.8 Å². The zero-order chi connectivity index (χ0) is 16.8. The zero-order valence-electron chi connectivity index (χ0n) is 13.9. The number of rotatable bonds is 1. The van der Waals surface area contributed by atoms with Crippen LogP contribution in [0.4, 0.5) is 0 Å². The molecular formula is C20H19N3O2. The molecule has 2 atom stereocenters. The van der Waals surface area contributed by atoms with Crippen LogP contribution < -0.4 is 5.56 Å². The van der Waals surface area contributed by atoms with Gasteiger partial charge in [0.25, 0.3) is 5.56 Å². The van der Waals surface area contributed by atoms with E-state index in [4.69, 9.17) is 9.72 Å². The minimum absolute atomic E-state index is 0.0696. The summed E-state index contributed by atoms with van der Waals surface area (Å²) in [6.45, 7) is 2.30. The first kappa shape index (κ1) is 14.8. The van der Waals surface area contributed by atoms with E-state index in [2.05, 4.69) is 4.98 Å². The van der Waals surface area contributed by atoms with Crippen LogP contribution in [-0.4, -0.2) is 27.7 Å². The summed E-state index contributed by atoms with van der Waals surface area (Å²) in [5.41, 5.74) is 2.72. The topological polar surface area (TPSA) is 57.0 Å². The van der Waals surface area contributed by atoms with Crippen LogP contribution in [0.2, 0.25) is 0 Å². The Morgan fingerprint density at radius 2 is 2.04 bits per heavy atom. The minimum atomic E-state index is 0.0696. The van der Waals surface area contributed by atoms with Gasteiger partial charge in [0.15, 0.2) is 0 Å². The average Bonchev–Trinajstić information content (AvgIpc) is 3.03. The van der Waals surface area contributed by atoms with Crippen LogP contribution in [-0.2, 0) is 17.7 Å². The molecule has 0 aliphatic carbocycles. The third-order valence-corrected chi connectivity index (χ3v) is 5.48. The van der Waals surface area contributed by atoms with Crippen molar-refractivity contribution in [3.05, 3.63) is 58.8 Å². The molecule has 0 radical (unpaired) electrons. The Kier molecular flexibility index (Phi) is 3.41. The second-order valence-corrected chi connectivity index (χ2v) is 6.99. The van der Waals surface area contributed by atoms with Crippen molar-refractivity contribution in [1.82, 2.24) is 14.5 Å². The lowest BCUT2D eigenvalue weighted by Crippen LogP contribution is -2.28. The fourth-order valence-electron chi connectivity index (χ4n) is 4.05. The predicted molar refractivity (Wildman–Crippen MR) is 95.4 cm³/mol. The summed E-state index contributed by atoms with van der Waals surface area (Å²) >= 11 is 0. The van der Waals surface area contributed by atoms with Crippen LogP contribution >= 0.6 is 0 Å². The predicted octanol–water partition coefficient (Wildman–Crippen LogP) is 2.67. The number of hydrogen-bond acceptors (Lipinski definition) is 4. The van der Waals surface area contributed by atoms with Gasteiger partial charge in [-0.1, -0.05) is 12.1 Å². The van der Waals surface area contributed by atoms with E-state index in [1.165, 1.54) is 0 Å². The highest BCUT2D eigenvalue weighted by molar-refractivity contribution is 5.83. The van der Waals surface area contributed by atoms with Crippen LogP contribution in [0.3, 0.4) is 0 Å².